The van der Waals surface area contributed by atoms with Crippen LogP contribution in [0.1, 0.15) is 6.42 Å². The van der Waals surface area contributed by atoms with E-state index in [9.17, 15) is 14.4 Å². The lowest BCUT2D eigenvalue weighted by Gasteiger charge is -2.07. The molecule has 3 rings (SSSR count). The molecule has 3 aromatic heterocycles. The van der Waals surface area contributed by atoms with Crippen LogP contribution in [-0.2, 0) is 25.4 Å². The van der Waals surface area contributed by atoms with Gasteiger partial charge in [-0.05, 0) is 12.1 Å². The van der Waals surface area contributed by atoms with Gasteiger partial charge in [0.05, 0.1) is 6.33 Å². The van der Waals surface area contributed by atoms with E-state index in [-0.39, 0.29) is 18.9 Å². The van der Waals surface area contributed by atoms with Crippen LogP contribution in [0.4, 0.5) is 5.82 Å². The molecular weight excluding hydrogens is 312 g/mol. The van der Waals surface area contributed by atoms with Crippen LogP contribution in [0.3, 0.4) is 0 Å². The van der Waals surface area contributed by atoms with Gasteiger partial charge < -0.3 is 9.88 Å². The van der Waals surface area contributed by atoms with Crippen LogP contribution in [0.15, 0.2) is 40.3 Å². The molecule has 24 heavy (non-hydrogen) atoms. The van der Waals surface area contributed by atoms with E-state index < -0.39 is 11.2 Å². The van der Waals surface area contributed by atoms with E-state index in [0.29, 0.717) is 17.0 Å². The first-order valence-electron chi connectivity index (χ1n) is 7.31. The average Bonchev–Trinajstić information content (AvgIpc) is 3.01. The third-order valence-electron chi connectivity index (χ3n) is 3.73. The summed E-state index contributed by atoms with van der Waals surface area (Å²) in [6.45, 7) is 0.266. The number of aryl methyl sites for hydroxylation is 2. The largest absolute Gasteiger partial charge is 0.332 e. The summed E-state index contributed by atoms with van der Waals surface area (Å²) in [7, 11) is 2.96. The summed E-state index contributed by atoms with van der Waals surface area (Å²) in [5, 5.41) is 2.68. The highest BCUT2D eigenvalue weighted by molar-refractivity contribution is 5.89. The Morgan fingerprint density at radius 1 is 1.17 bits per heavy atom. The average molecular weight is 328 g/mol. The summed E-state index contributed by atoms with van der Waals surface area (Å²) in [5.74, 6) is 0.244. The predicted molar refractivity (Wildman–Crippen MR) is 87.7 cm³/mol. The fourth-order valence-corrected chi connectivity index (χ4v) is 2.43. The molecule has 0 atom stereocenters. The van der Waals surface area contributed by atoms with E-state index >= 15 is 0 Å². The first kappa shape index (κ1) is 15.7. The molecule has 0 unspecified atom stereocenters. The van der Waals surface area contributed by atoms with Gasteiger partial charge in [0.2, 0.25) is 5.91 Å². The molecule has 9 heteroatoms. The number of pyridine rings is 1. The van der Waals surface area contributed by atoms with Crippen molar-refractivity contribution in [1.29, 1.82) is 0 Å². The Morgan fingerprint density at radius 3 is 2.67 bits per heavy atom. The van der Waals surface area contributed by atoms with Gasteiger partial charge in [-0.1, -0.05) is 6.07 Å². The number of rotatable bonds is 4. The summed E-state index contributed by atoms with van der Waals surface area (Å²) in [5.41, 5.74) is -0.278. The van der Waals surface area contributed by atoms with Gasteiger partial charge in [0.25, 0.3) is 5.56 Å². The number of nitrogens with zero attached hydrogens (tertiary/aromatic N) is 5. The molecule has 3 aromatic rings. The van der Waals surface area contributed by atoms with Crippen LogP contribution < -0.4 is 16.6 Å². The van der Waals surface area contributed by atoms with E-state index in [1.165, 1.54) is 17.9 Å². The molecule has 0 saturated carbocycles. The van der Waals surface area contributed by atoms with Gasteiger partial charge in [0.15, 0.2) is 11.2 Å². The molecule has 0 aliphatic heterocycles. The predicted octanol–water partition coefficient (Wildman–Crippen LogP) is -0.143. The second-order valence-electron chi connectivity index (χ2n) is 5.33. The lowest BCUT2D eigenvalue weighted by Crippen LogP contribution is -2.37. The lowest BCUT2D eigenvalue weighted by atomic mass is 10.3. The number of hydrogen-bond donors (Lipinski definition) is 1. The van der Waals surface area contributed by atoms with Gasteiger partial charge in [-0.25, -0.2) is 14.8 Å². The topological polar surface area (TPSA) is 104 Å². The number of carbonyl (C=O) groups is 1. The number of carbonyl (C=O) groups excluding carboxylic acids is 1. The maximum Gasteiger partial charge on any atom is 0.332 e. The van der Waals surface area contributed by atoms with Crippen molar-refractivity contribution in [1.82, 2.24) is 23.7 Å². The van der Waals surface area contributed by atoms with Crippen molar-refractivity contribution in [2.24, 2.45) is 14.1 Å². The minimum absolute atomic E-state index is 0.147. The molecule has 9 nitrogen and oxygen atoms in total. The molecule has 0 aliphatic carbocycles. The van der Waals surface area contributed by atoms with E-state index in [4.69, 9.17) is 0 Å². The monoisotopic (exact) mass is 328 g/mol. The van der Waals surface area contributed by atoms with Crippen LogP contribution >= 0.6 is 0 Å². The third kappa shape index (κ3) is 2.71. The molecule has 0 spiro atoms. The van der Waals surface area contributed by atoms with Crippen LogP contribution in [0, 0.1) is 0 Å². The summed E-state index contributed by atoms with van der Waals surface area (Å²) in [4.78, 5) is 44.3. The van der Waals surface area contributed by atoms with Gasteiger partial charge >= 0.3 is 5.69 Å². The van der Waals surface area contributed by atoms with Crippen molar-refractivity contribution in [3.63, 3.8) is 0 Å². The van der Waals surface area contributed by atoms with E-state index in [1.54, 1.807) is 36.0 Å². The SMILES string of the molecule is Cn1c(=O)c2c(ncn2CCC(=O)Nc2ccccn2)n(C)c1=O. The van der Waals surface area contributed by atoms with Crippen molar-refractivity contribution >= 4 is 22.9 Å². The van der Waals surface area contributed by atoms with Crippen molar-refractivity contribution in [2.45, 2.75) is 13.0 Å². The molecule has 0 bridgehead atoms. The van der Waals surface area contributed by atoms with E-state index in [1.807, 2.05) is 0 Å². The van der Waals surface area contributed by atoms with Crippen LogP contribution in [0.2, 0.25) is 0 Å². The van der Waals surface area contributed by atoms with Crippen molar-refractivity contribution in [2.75, 3.05) is 5.32 Å². The first-order valence-corrected chi connectivity index (χ1v) is 7.31. The minimum Gasteiger partial charge on any atom is -0.324 e. The lowest BCUT2D eigenvalue weighted by molar-refractivity contribution is -0.116. The highest BCUT2D eigenvalue weighted by Crippen LogP contribution is 2.07. The molecule has 0 saturated heterocycles. The Labute approximate surface area is 136 Å². The summed E-state index contributed by atoms with van der Waals surface area (Å²) >= 11 is 0. The van der Waals surface area contributed by atoms with Crippen LogP contribution in [-0.4, -0.2) is 29.6 Å². The van der Waals surface area contributed by atoms with Gasteiger partial charge in [0.1, 0.15) is 5.82 Å². The van der Waals surface area contributed by atoms with Gasteiger partial charge in [-0.2, -0.15) is 0 Å². The second-order valence-corrected chi connectivity index (χ2v) is 5.33. The minimum atomic E-state index is -0.439. The number of fused-ring (bicyclic) bond motifs is 1. The Morgan fingerprint density at radius 2 is 1.96 bits per heavy atom. The Hall–Kier alpha value is -3.23. The molecule has 3 heterocycles. The first-order chi connectivity index (χ1) is 11.5. The molecule has 0 aliphatic rings. The number of aromatic nitrogens is 5. The van der Waals surface area contributed by atoms with Crippen LogP contribution in [0.5, 0.6) is 0 Å². The van der Waals surface area contributed by atoms with Crippen molar-refractivity contribution in [3.8, 4) is 0 Å². The highest BCUT2D eigenvalue weighted by atomic mass is 16.2. The number of hydrogen-bond acceptors (Lipinski definition) is 5. The smallest absolute Gasteiger partial charge is 0.324 e. The van der Waals surface area contributed by atoms with Crippen molar-refractivity contribution < 1.29 is 4.79 Å². The zero-order valence-corrected chi connectivity index (χ0v) is 13.3. The Balaban J connectivity index is 1.83. The zero-order valence-electron chi connectivity index (χ0n) is 13.3. The van der Waals surface area contributed by atoms with E-state index in [0.717, 1.165) is 4.57 Å². The second kappa shape index (κ2) is 6.11. The van der Waals surface area contributed by atoms with Crippen LogP contribution in [0.25, 0.3) is 11.2 Å². The fraction of sp³-hybridized carbons (Fsp3) is 0.267. The summed E-state index contributed by atoms with van der Waals surface area (Å²) < 4.78 is 3.91. The number of amides is 1. The molecule has 124 valence electrons. The zero-order chi connectivity index (χ0) is 17.3. The number of imidazole rings is 1. The molecule has 1 amide bonds. The molecule has 0 fully saturated rings. The molecule has 0 radical (unpaired) electrons. The normalized spacial score (nSPS) is 10.9. The Kier molecular flexibility index (Phi) is 3.98. The standard InChI is InChI=1S/C15H16N6O3/c1-19-13-12(14(23)20(2)15(19)24)21(9-17-13)8-6-11(22)18-10-5-3-4-7-16-10/h3-5,7,9H,6,8H2,1-2H3,(H,16,18,22). The number of nitrogens with one attached hydrogen (secondary N) is 1. The Bertz CT molecular complexity index is 1020. The maximum atomic E-state index is 12.3. The number of anilines is 1. The molecule has 0 aromatic carbocycles. The quantitative estimate of drug-likeness (QED) is 0.718. The van der Waals surface area contributed by atoms with Gasteiger partial charge in [-0.3, -0.25) is 18.7 Å². The fourth-order valence-electron chi connectivity index (χ4n) is 2.43. The highest BCUT2D eigenvalue weighted by Gasteiger charge is 2.14. The molecular formula is C15H16N6O3. The van der Waals surface area contributed by atoms with Gasteiger partial charge in [-0.15, -0.1) is 0 Å². The van der Waals surface area contributed by atoms with E-state index in [2.05, 4.69) is 15.3 Å². The summed E-state index contributed by atoms with van der Waals surface area (Å²) in [6, 6.07) is 5.22. The van der Waals surface area contributed by atoms with Crippen molar-refractivity contribution in [3.05, 3.63) is 51.6 Å². The third-order valence-corrected chi connectivity index (χ3v) is 3.73. The maximum absolute atomic E-state index is 12.3. The summed E-state index contributed by atoms with van der Waals surface area (Å²) in [6.07, 6.45) is 3.19. The van der Waals surface area contributed by atoms with Gasteiger partial charge in [0, 0.05) is 33.3 Å². The molecule has 1 N–H and O–H groups in total.